The summed E-state index contributed by atoms with van der Waals surface area (Å²) in [4.78, 5) is 19.6. The molecule has 3 aromatic rings. The van der Waals surface area contributed by atoms with E-state index in [1.54, 1.807) is 18.2 Å². The number of rotatable bonds is 5. The lowest BCUT2D eigenvalue weighted by Gasteiger charge is -2.30. The molecule has 8 heteroatoms. The molecule has 6 nitrogen and oxygen atoms in total. The second kappa shape index (κ2) is 9.84. The molecule has 1 N–H and O–H groups in total. The third-order valence-corrected chi connectivity index (χ3v) is 6.46. The Bertz CT molecular complexity index is 1120. The summed E-state index contributed by atoms with van der Waals surface area (Å²) in [5.74, 6) is 0.909. The lowest BCUT2D eigenvalue weighted by Crippen LogP contribution is -2.40. The van der Waals surface area contributed by atoms with Crippen LogP contribution in [0, 0.1) is 5.92 Å². The molecular formula is C25H28Cl2N4O2. The summed E-state index contributed by atoms with van der Waals surface area (Å²) in [6.45, 7) is 8.55. The normalized spacial score (nSPS) is 17.2. The van der Waals surface area contributed by atoms with Gasteiger partial charge < -0.3 is 9.84 Å². The van der Waals surface area contributed by atoms with Crippen molar-refractivity contribution in [3.05, 3.63) is 64.0 Å². The number of carbonyl (C=O) groups is 1. The number of amides is 1. The van der Waals surface area contributed by atoms with Crippen LogP contribution in [0.15, 0.2) is 47.0 Å². The highest BCUT2D eigenvalue weighted by Crippen LogP contribution is 2.28. The minimum Gasteiger partial charge on any atom is -0.338 e. The van der Waals surface area contributed by atoms with Gasteiger partial charge in [-0.25, -0.2) is 0 Å². The molecule has 1 aliphatic rings. The maximum absolute atomic E-state index is 12.8. The number of halogens is 2. The molecule has 1 unspecified atom stereocenters. The number of anilines is 1. The molecule has 0 aliphatic carbocycles. The molecule has 1 amide bonds. The van der Waals surface area contributed by atoms with Crippen LogP contribution in [0.1, 0.15) is 45.1 Å². The number of hydrogen-bond donors (Lipinski definition) is 1. The highest BCUT2D eigenvalue weighted by molar-refractivity contribution is 6.35. The van der Waals surface area contributed by atoms with E-state index in [1.807, 2.05) is 12.1 Å². The quantitative estimate of drug-likeness (QED) is 0.465. The number of likely N-dealkylation sites (tertiary alicyclic amines) is 1. The highest BCUT2D eigenvalue weighted by Gasteiger charge is 2.27. The average molecular weight is 487 g/mol. The number of nitrogens with one attached hydrogen (secondary N) is 1. The maximum Gasteiger partial charge on any atom is 0.241 e. The molecule has 1 aliphatic heterocycles. The van der Waals surface area contributed by atoms with E-state index >= 15 is 0 Å². The van der Waals surface area contributed by atoms with Gasteiger partial charge in [-0.15, -0.1) is 0 Å². The van der Waals surface area contributed by atoms with Crippen LogP contribution in [-0.2, 0) is 16.8 Å². The Kier molecular flexibility index (Phi) is 7.07. The molecule has 1 saturated heterocycles. The summed E-state index contributed by atoms with van der Waals surface area (Å²) in [5, 5.41) is 8.06. The predicted molar refractivity (Wildman–Crippen MR) is 132 cm³/mol. The monoisotopic (exact) mass is 486 g/mol. The van der Waals surface area contributed by atoms with Crippen LogP contribution in [-0.4, -0.2) is 34.0 Å². The van der Waals surface area contributed by atoms with E-state index in [2.05, 4.69) is 53.3 Å². The summed E-state index contributed by atoms with van der Waals surface area (Å²) in [5.41, 5.74) is 2.81. The molecule has 174 valence electrons. The summed E-state index contributed by atoms with van der Waals surface area (Å²) in [6, 6.07) is 13.3. The van der Waals surface area contributed by atoms with E-state index < -0.39 is 0 Å². The second-order valence-corrected chi connectivity index (χ2v) is 10.4. The van der Waals surface area contributed by atoms with Crippen LogP contribution in [0.3, 0.4) is 0 Å². The Morgan fingerprint density at radius 1 is 1.18 bits per heavy atom. The Balaban J connectivity index is 1.37. The molecular weight excluding hydrogens is 459 g/mol. The summed E-state index contributed by atoms with van der Waals surface area (Å²) < 4.78 is 5.50. The number of carbonyl (C=O) groups excluding carboxylic acids is 1. The van der Waals surface area contributed by atoms with E-state index in [9.17, 15) is 4.79 Å². The molecule has 1 fully saturated rings. The first-order valence-electron chi connectivity index (χ1n) is 11.1. The lowest BCUT2D eigenvalue weighted by molar-refractivity contribution is -0.121. The van der Waals surface area contributed by atoms with Crippen LogP contribution in [0.25, 0.3) is 11.4 Å². The van der Waals surface area contributed by atoms with Gasteiger partial charge in [0.25, 0.3) is 0 Å². The first-order chi connectivity index (χ1) is 15.7. The average Bonchev–Trinajstić information content (AvgIpc) is 3.24. The van der Waals surface area contributed by atoms with Crippen LogP contribution in [0.2, 0.25) is 10.0 Å². The minimum absolute atomic E-state index is 0.0611. The van der Waals surface area contributed by atoms with Gasteiger partial charge >= 0.3 is 0 Å². The zero-order valence-electron chi connectivity index (χ0n) is 19.1. The minimum atomic E-state index is -0.152. The molecule has 0 spiro atoms. The molecule has 33 heavy (non-hydrogen) atoms. The third-order valence-electron chi connectivity index (χ3n) is 5.90. The van der Waals surface area contributed by atoms with E-state index in [1.165, 1.54) is 5.56 Å². The van der Waals surface area contributed by atoms with Crippen molar-refractivity contribution in [3.63, 3.8) is 0 Å². The number of hydrogen-bond acceptors (Lipinski definition) is 5. The van der Waals surface area contributed by atoms with Crippen molar-refractivity contribution >= 4 is 34.8 Å². The fraction of sp³-hybridized carbons (Fsp3) is 0.400. The first kappa shape index (κ1) is 23.7. The van der Waals surface area contributed by atoms with E-state index in [4.69, 9.17) is 27.7 Å². The summed E-state index contributed by atoms with van der Waals surface area (Å²) in [6.07, 6.45) is 1.73. The smallest absolute Gasteiger partial charge is 0.241 e. The van der Waals surface area contributed by atoms with Crippen molar-refractivity contribution in [2.45, 2.75) is 45.6 Å². The Labute approximate surface area is 204 Å². The van der Waals surface area contributed by atoms with Crippen molar-refractivity contribution < 1.29 is 9.32 Å². The molecule has 1 aromatic heterocycles. The van der Waals surface area contributed by atoms with Gasteiger partial charge in [0.1, 0.15) is 0 Å². The summed E-state index contributed by atoms with van der Waals surface area (Å²) in [7, 11) is 0. The van der Waals surface area contributed by atoms with Crippen molar-refractivity contribution in [2.24, 2.45) is 5.92 Å². The molecule has 2 heterocycles. The Morgan fingerprint density at radius 2 is 1.94 bits per heavy atom. The van der Waals surface area contributed by atoms with Gasteiger partial charge in [-0.2, -0.15) is 4.98 Å². The first-order valence-corrected chi connectivity index (χ1v) is 11.9. The van der Waals surface area contributed by atoms with Gasteiger partial charge in [-0.3, -0.25) is 9.69 Å². The standard InChI is InChI=1S/C25H28Cl2N4O2/c1-25(2,3)18-8-6-16(7-9-18)23-29-22(33-30-23)15-31-12-4-5-17(14-31)24(32)28-21-13-19(26)10-11-20(21)27/h6-11,13,17H,4-5,12,14-15H2,1-3H3,(H,28,32). The van der Waals surface area contributed by atoms with E-state index in [-0.39, 0.29) is 17.2 Å². The van der Waals surface area contributed by atoms with Gasteiger partial charge in [-0.05, 0) is 48.6 Å². The number of aromatic nitrogens is 2. The Hall–Kier alpha value is -2.41. The van der Waals surface area contributed by atoms with Crippen LogP contribution in [0.5, 0.6) is 0 Å². The molecule has 0 saturated carbocycles. The van der Waals surface area contributed by atoms with Crippen molar-refractivity contribution in [3.8, 4) is 11.4 Å². The van der Waals surface area contributed by atoms with Gasteiger partial charge in [0.05, 0.1) is 23.2 Å². The number of benzene rings is 2. The largest absolute Gasteiger partial charge is 0.338 e. The van der Waals surface area contributed by atoms with Gasteiger partial charge in [0.2, 0.25) is 17.6 Å². The zero-order valence-corrected chi connectivity index (χ0v) is 20.6. The fourth-order valence-corrected chi connectivity index (χ4v) is 4.33. The molecule has 0 radical (unpaired) electrons. The Morgan fingerprint density at radius 3 is 2.67 bits per heavy atom. The van der Waals surface area contributed by atoms with Crippen LogP contribution < -0.4 is 5.32 Å². The fourth-order valence-electron chi connectivity index (χ4n) is 3.99. The number of nitrogens with zero attached hydrogens (tertiary/aromatic N) is 3. The lowest BCUT2D eigenvalue weighted by atomic mass is 9.87. The van der Waals surface area contributed by atoms with E-state index in [0.29, 0.717) is 40.5 Å². The molecule has 0 bridgehead atoms. The SMILES string of the molecule is CC(C)(C)c1ccc(-c2noc(CN3CCCC(C(=O)Nc4cc(Cl)ccc4Cl)C3)n2)cc1. The predicted octanol–water partition coefficient (Wildman–Crippen LogP) is 6.19. The van der Waals surface area contributed by atoms with Gasteiger partial charge in [0, 0.05) is 17.1 Å². The maximum atomic E-state index is 12.8. The van der Waals surface area contributed by atoms with Crippen molar-refractivity contribution in [2.75, 3.05) is 18.4 Å². The van der Waals surface area contributed by atoms with E-state index in [0.717, 1.165) is 24.9 Å². The topological polar surface area (TPSA) is 71.3 Å². The molecule has 1 atom stereocenters. The van der Waals surface area contributed by atoms with Gasteiger partial charge in [-0.1, -0.05) is 73.4 Å². The van der Waals surface area contributed by atoms with Crippen LogP contribution >= 0.6 is 23.2 Å². The van der Waals surface area contributed by atoms with Crippen molar-refractivity contribution in [1.29, 1.82) is 0 Å². The zero-order chi connectivity index (χ0) is 23.6. The molecule has 2 aromatic carbocycles. The second-order valence-electron chi connectivity index (χ2n) is 9.53. The van der Waals surface area contributed by atoms with Crippen LogP contribution in [0.4, 0.5) is 5.69 Å². The highest BCUT2D eigenvalue weighted by atomic mass is 35.5. The number of piperidine rings is 1. The van der Waals surface area contributed by atoms with Gasteiger partial charge in [0.15, 0.2) is 0 Å². The van der Waals surface area contributed by atoms with Crippen molar-refractivity contribution in [1.82, 2.24) is 15.0 Å². The third kappa shape index (κ3) is 5.94. The summed E-state index contributed by atoms with van der Waals surface area (Å²) >= 11 is 12.2. The molecule has 4 rings (SSSR count).